The number of hydrogen-bond acceptors (Lipinski definition) is 4. The van der Waals surface area contributed by atoms with E-state index in [0.717, 1.165) is 4.68 Å². The molecule has 0 amide bonds. The molecule has 1 N–H and O–H groups in total. The molecular weight excluding hydrogens is 365 g/mol. The molecule has 0 saturated heterocycles. The Hall–Kier alpha value is -1.62. The highest BCUT2D eigenvalue weighted by Crippen LogP contribution is 2.24. The first-order valence-electron chi connectivity index (χ1n) is 4.95. The van der Waals surface area contributed by atoms with E-state index >= 15 is 0 Å². The van der Waals surface area contributed by atoms with Gasteiger partial charge in [0.15, 0.2) is 16.2 Å². The molecule has 0 atom stereocenters. The van der Waals surface area contributed by atoms with E-state index < -0.39 is 33.2 Å². The zero-order valence-corrected chi connectivity index (χ0v) is 12.1. The van der Waals surface area contributed by atoms with Gasteiger partial charge in [-0.15, -0.1) is 5.10 Å². The van der Waals surface area contributed by atoms with Crippen LogP contribution in [-0.4, -0.2) is 23.4 Å². The number of hydrogen-bond donors (Lipinski definition) is 1. The van der Waals surface area contributed by atoms with Gasteiger partial charge in [0, 0.05) is 19.2 Å². The third-order valence-corrected chi connectivity index (χ3v) is 4.50. The molecule has 0 spiro atoms. The SMILES string of the molecule is Cn1nnc(Br)c1S(=O)(=O)Nc1cc(F)c(F)cc1F. The van der Waals surface area contributed by atoms with Gasteiger partial charge in [0.2, 0.25) is 5.03 Å². The number of aromatic nitrogens is 3. The van der Waals surface area contributed by atoms with E-state index in [1.807, 2.05) is 0 Å². The van der Waals surface area contributed by atoms with Crippen LogP contribution in [0.1, 0.15) is 0 Å². The fourth-order valence-corrected chi connectivity index (χ4v) is 3.56. The normalized spacial score (nSPS) is 11.7. The number of benzene rings is 1. The minimum Gasteiger partial charge on any atom is -0.275 e. The molecule has 0 aliphatic rings. The molecule has 0 fully saturated rings. The van der Waals surface area contributed by atoms with Crippen molar-refractivity contribution < 1.29 is 21.6 Å². The smallest absolute Gasteiger partial charge is 0.275 e. The van der Waals surface area contributed by atoms with Crippen LogP contribution in [0.5, 0.6) is 0 Å². The van der Waals surface area contributed by atoms with Crippen LogP contribution < -0.4 is 4.72 Å². The topological polar surface area (TPSA) is 76.9 Å². The summed E-state index contributed by atoms with van der Waals surface area (Å²) in [7, 11) is -2.97. The van der Waals surface area contributed by atoms with E-state index in [-0.39, 0.29) is 15.7 Å². The number of rotatable bonds is 3. The average molecular weight is 371 g/mol. The van der Waals surface area contributed by atoms with Crippen LogP contribution >= 0.6 is 15.9 Å². The van der Waals surface area contributed by atoms with Crippen LogP contribution in [-0.2, 0) is 17.1 Å². The molecule has 11 heteroatoms. The van der Waals surface area contributed by atoms with E-state index in [4.69, 9.17) is 0 Å². The van der Waals surface area contributed by atoms with Crippen LogP contribution in [0.3, 0.4) is 0 Å². The minimum atomic E-state index is -4.27. The van der Waals surface area contributed by atoms with Gasteiger partial charge in [0.25, 0.3) is 10.0 Å². The summed E-state index contributed by atoms with van der Waals surface area (Å²) in [6, 6.07) is 0.643. The fraction of sp³-hybridized carbons (Fsp3) is 0.111. The molecule has 0 bridgehead atoms. The first-order chi connectivity index (χ1) is 9.22. The molecule has 2 rings (SSSR count). The number of aryl methyl sites for hydroxylation is 1. The average Bonchev–Trinajstić information content (AvgIpc) is 2.66. The Balaban J connectivity index is 2.47. The Morgan fingerprint density at radius 3 is 2.35 bits per heavy atom. The Kier molecular flexibility index (Phi) is 3.73. The predicted molar refractivity (Wildman–Crippen MR) is 65.8 cm³/mol. The lowest BCUT2D eigenvalue weighted by molar-refractivity contribution is 0.496. The summed E-state index contributed by atoms with van der Waals surface area (Å²) in [6.45, 7) is 0. The molecule has 1 heterocycles. The van der Waals surface area contributed by atoms with Gasteiger partial charge >= 0.3 is 0 Å². The maximum atomic E-state index is 13.4. The maximum absolute atomic E-state index is 13.4. The van der Waals surface area contributed by atoms with Gasteiger partial charge in [0.1, 0.15) is 5.82 Å². The molecule has 0 aliphatic carbocycles. The van der Waals surface area contributed by atoms with Crippen molar-refractivity contribution >= 4 is 31.6 Å². The second-order valence-electron chi connectivity index (χ2n) is 3.66. The Labute approximate surface area is 119 Å². The summed E-state index contributed by atoms with van der Waals surface area (Å²) < 4.78 is 65.9. The van der Waals surface area contributed by atoms with Crippen molar-refractivity contribution in [3.63, 3.8) is 0 Å². The molecule has 0 unspecified atom stereocenters. The second kappa shape index (κ2) is 5.05. The predicted octanol–water partition coefficient (Wildman–Crippen LogP) is 1.80. The van der Waals surface area contributed by atoms with Crippen molar-refractivity contribution in [2.24, 2.45) is 7.05 Å². The molecule has 2 aromatic rings. The zero-order valence-electron chi connectivity index (χ0n) is 9.73. The van der Waals surface area contributed by atoms with Crippen molar-refractivity contribution in [1.29, 1.82) is 0 Å². The van der Waals surface area contributed by atoms with Crippen LogP contribution in [0.25, 0.3) is 0 Å². The third kappa shape index (κ3) is 2.63. The van der Waals surface area contributed by atoms with Gasteiger partial charge < -0.3 is 0 Å². The molecule has 20 heavy (non-hydrogen) atoms. The number of halogens is 4. The van der Waals surface area contributed by atoms with E-state index in [2.05, 4.69) is 26.2 Å². The molecule has 0 saturated carbocycles. The van der Waals surface area contributed by atoms with Gasteiger partial charge in [-0.25, -0.2) is 17.9 Å². The second-order valence-corrected chi connectivity index (χ2v) is 6.01. The van der Waals surface area contributed by atoms with E-state index in [1.165, 1.54) is 7.05 Å². The first kappa shape index (κ1) is 14.8. The van der Waals surface area contributed by atoms with E-state index in [9.17, 15) is 21.6 Å². The Morgan fingerprint density at radius 2 is 1.80 bits per heavy atom. The van der Waals surface area contributed by atoms with E-state index in [0.29, 0.717) is 6.07 Å². The van der Waals surface area contributed by atoms with Gasteiger partial charge in [-0.1, -0.05) is 5.21 Å². The molecule has 1 aromatic heterocycles. The Bertz CT molecular complexity index is 758. The molecule has 0 aliphatic heterocycles. The van der Waals surface area contributed by atoms with Crippen molar-refractivity contribution in [1.82, 2.24) is 15.0 Å². The first-order valence-corrected chi connectivity index (χ1v) is 7.22. The van der Waals surface area contributed by atoms with Crippen LogP contribution in [0.15, 0.2) is 21.8 Å². The molecule has 1 aromatic carbocycles. The fourth-order valence-electron chi connectivity index (χ4n) is 1.40. The molecule has 0 radical (unpaired) electrons. The highest BCUT2D eigenvalue weighted by atomic mass is 79.9. The monoisotopic (exact) mass is 370 g/mol. The molecule has 6 nitrogen and oxygen atoms in total. The lowest BCUT2D eigenvalue weighted by Crippen LogP contribution is -2.18. The largest absolute Gasteiger partial charge is 0.282 e. The summed E-state index contributed by atoms with van der Waals surface area (Å²) in [5.41, 5.74) is -0.725. The van der Waals surface area contributed by atoms with Crippen molar-refractivity contribution in [2.45, 2.75) is 5.03 Å². The standard InChI is InChI=1S/C9H6BrF3N4O2S/c1-17-9(8(10)14-16-17)20(18,19)15-7-3-5(12)4(11)2-6(7)13/h2-3,15H,1H3. The summed E-state index contributed by atoms with van der Waals surface area (Å²) in [4.78, 5) is 0. The summed E-state index contributed by atoms with van der Waals surface area (Å²) >= 11 is 2.87. The zero-order chi connectivity index (χ0) is 15.1. The van der Waals surface area contributed by atoms with Gasteiger partial charge in [0.05, 0.1) is 5.69 Å². The minimum absolute atomic E-state index is 0.101. The Morgan fingerprint density at radius 1 is 1.20 bits per heavy atom. The lowest BCUT2D eigenvalue weighted by Gasteiger charge is -2.09. The highest BCUT2D eigenvalue weighted by Gasteiger charge is 2.25. The van der Waals surface area contributed by atoms with Gasteiger partial charge in [-0.05, 0) is 15.9 Å². The van der Waals surface area contributed by atoms with Crippen LogP contribution in [0.4, 0.5) is 18.9 Å². The lowest BCUT2D eigenvalue weighted by atomic mass is 10.3. The van der Waals surface area contributed by atoms with Gasteiger partial charge in [-0.2, -0.15) is 8.42 Å². The molecule has 108 valence electrons. The summed E-state index contributed by atoms with van der Waals surface area (Å²) in [5, 5.41) is 6.52. The third-order valence-electron chi connectivity index (χ3n) is 2.25. The highest BCUT2D eigenvalue weighted by molar-refractivity contribution is 9.10. The van der Waals surface area contributed by atoms with Gasteiger partial charge in [-0.3, -0.25) is 4.72 Å². The van der Waals surface area contributed by atoms with Crippen molar-refractivity contribution in [3.05, 3.63) is 34.2 Å². The summed E-state index contributed by atoms with van der Waals surface area (Å²) in [5.74, 6) is -4.06. The van der Waals surface area contributed by atoms with Crippen LogP contribution in [0, 0.1) is 17.5 Å². The maximum Gasteiger partial charge on any atom is 0.282 e. The number of nitrogens with one attached hydrogen (secondary N) is 1. The number of anilines is 1. The quantitative estimate of drug-likeness (QED) is 0.835. The van der Waals surface area contributed by atoms with Crippen LogP contribution in [0.2, 0.25) is 0 Å². The number of nitrogens with zero attached hydrogens (tertiary/aromatic N) is 3. The van der Waals surface area contributed by atoms with Crippen molar-refractivity contribution in [3.8, 4) is 0 Å². The summed E-state index contributed by atoms with van der Waals surface area (Å²) in [6.07, 6.45) is 0. The van der Waals surface area contributed by atoms with Crippen molar-refractivity contribution in [2.75, 3.05) is 4.72 Å². The van der Waals surface area contributed by atoms with E-state index in [1.54, 1.807) is 4.72 Å². The molecular formula is C9H6BrF3N4O2S. The number of sulfonamides is 1.